The van der Waals surface area contributed by atoms with Crippen LogP contribution < -0.4 is 5.32 Å². The van der Waals surface area contributed by atoms with Crippen LogP contribution in [0.5, 0.6) is 0 Å². The third-order valence-corrected chi connectivity index (χ3v) is 4.91. The number of aromatic amines is 1. The van der Waals surface area contributed by atoms with Crippen molar-refractivity contribution in [3.05, 3.63) is 51.5 Å². The molecule has 0 saturated heterocycles. The van der Waals surface area contributed by atoms with Crippen LogP contribution in [0.1, 0.15) is 23.0 Å². The van der Waals surface area contributed by atoms with Crippen LogP contribution in [0.2, 0.25) is 10.0 Å². The van der Waals surface area contributed by atoms with Crippen molar-refractivity contribution in [2.24, 2.45) is 0 Å². The summed E-state index contributed by atoms with van der Waals surface area (Å²) in [4.78, 5) is 33.0. The van der Waals surface area contributed by atoms with Gasteiger partial charge < -0.3 is 19.9 Å². The number of ether oxygens (including phenoxy) is 1. The number of H-pyrrole nitrogens is 1. The van der Waals surface area contributed by atoms with E-state index in [4.69, 9.17) is 23.2 Å². The Bertz CT molecular complexity index is 808. The molecule has 0 unspecified atom stereocenters. The summed E-state index contributed by atoms with van der Waals surface area (Å²) in [7, 11) is 1.26. The highest BCUT2D eigenvalue weighted by atomic mass is 35.5. The fraction of sp³-hybridized carbons (Fsp3) is 0.312. The number of hydrogen-bond donors (Lipinski definition) is 2. The number of nitrogens with zero attached hydrogens (tertiary/aromatic N) is 2. The number of nitrogens with one attached hydrogen (secondary N) is 2. The largest absolute Gasteiger partial charge is 0.468 e. The highest BCUT2D eigenvalue weighted by Crippen LogP contribution is 2.39. The SMILES string of the molecule is COC(=O)CNC(=O)N1CCc2[nH]cnc2[C@@H]1c1cccc(Cl)c1Cl. The Morgan fingerprint density at radius 3 is 3.00 bits per heavy atom. The summed E-state index contributed by atoms with van der Waals surface area (Å²) >= 11 is 12.5. The van der Waals surface area contributed by atoms with Crippen molar-refractivity contribution in [2.45, 2.75) is 12.5 Å². The molecule has 0 spiro atoms. The van der Waals surface area contributed by atoms with Crippen LogP contribution in [0.4, 0.5) is 4.79 Å². The summed E-state index contributed by atoms with van der Waals surface area (Å²) in [5.74, 6) is -0.525. The average Bonchev–Trinajstić information content (AvgIpc) is 3.09. The lowest BCUT2D eigenvalue weighted by Gasteiger charge is -2.35. The summed E-state index contributed by atoms with van der Waals surface area (Å²) < 4.78 is 4.55. The number of esters is 1. The molecule has 2 aromatic rings. The predicted molar refractivity (Wildman–Crippen MR) is 92.7 cm³/mol. The number of amides is 2. The van der Waals surface area contributed by atoms with E-state index in [2.05, 4.69) is 20.0 Å². The molecule has 0 saturated carbocycles. The molecule has 2 N–H and O–H groups in total. The first-order chi connectivity index (χ1) is 12.0. The lowest BCUT2D eigenvalue weighted by atomic mass is 9.96. The molecule has 1 atom stereocenters. The standard InChI is InChI=1S/C16H16Cl2N4O3/c1-25-12(23)7-19-16(24)22-6-5-11-14(21-8-20-11)15(22)9-3-2-4-10(17)13(9)18/h2-4,8,15H,5-7H2,1H3,(H,19,24)(H,20,21)/t15-/m0/s1. The highest BCUT2D eigenvalue weighted by Gasteiger charge is 2.35. The summed E-state index contributed by atoms with van der Waals surface area (Å²) in [6.07, 6.45) is 2.21. The van der Waals surface area contributed by atoms with Gasteiger partial charge in [0.15, 0.2) is 0 Å². The van der Waals surface area contributed by atoms with Crippen molar-refractivity contribution in [3.8, 4) is 0 Å². The summed E-state index contributed by atoms with van der Waals surface area (Å²) in [5, 5.41) is 3.33. The minimum atomic E-state index is -0.525. The molecule has 1 aliphatic rings. The van der Waals surface area contributed by atoms with Gasteiger partial charge in [-0.05, 0) is 6.07 Å². The zero-order valence-electron chi connectivity index (χ0n) is 13.4. The Hall–Kier alpha value is -2.25. The number of imidazole rings is 1. The summed E-state index contributed by atoms with van der Waals surface area (Å²) in [5.41, 5.74) is 2.33. The molecular weight excluding hydrogens is 367 g/mol. The molecule has 1 aromatic carbocycles. The van der Waals surface area contributed by atoms with Gasteiger partial charge in [0.05, 0.1) is 29.2 Å². The highest BCUT2D eigenvalue weighted by molar-refractivity contribution is 6.42. The number of carbonyl (C=O) groups excluding carboxylic acids is 2. The van der Waals surface area contributed by atoms with Gasteiger partial charge in [-0.15, -0.1) is 0 Å². The number of rotatable bonds is 3. The molecule has 1 aromatic heterocycles. The lowest BCUT2D eigenvalue weighted by Crippen LogP contribution is -2.47. The van der Waals surface area contributed by atoms with Crippen LogP contribution in [0.25, 0.3) is 0 Å². The molecule has 0 aliphatic carbocycles. The number of benzene rings is 1. The van der Waals surface area contributed by atoms with E-state index in [1.807, 2.05) is 6.07 Å². The van der Waals surface area contributed by atoms with Crippen molar-refractivity contribution in [1.82, 2.24) is 20.2 Å². The molecule has 2 amide bonds. The first-order valence-electron chi connectivity index (χ1n) is 7.60. The Morgan fingerprint density at radius 1 is 1.44 bits per heavy atom. The molecule has 7 nitrogen and oxygen atoms in total. The Morgan fingerprint density at radius 2 is 2.24 bits per heavy atom. The Kier molecular flexibility index (Phi) is 5.15. The molecule has 9 heteroatoms. The third-order valence-electron chi connectivity index (χ3n) is 4.07. The normalized spacial score (nSPS) is 16.3. The fourth-order valence-corrected chi connectivity index (χ4v) is 3.27. The fourth-order valence-electron chi connectivity index (χ4n) is 2.86. The van der Waals surface area contributed by atoms with E-state index in [9.17, 15) is 9.59 Å². The van der Waals surface area contributed by atoms with Gasteiger partial charge >= 0.3 is 12.0 Å². The second-order valence-electron chi connectivity index (χ2n) is 5.49. The number of aromatic nitrogens is 2. The van der Waals surface area contributed by atoms with E-state index in [-0.39, 0.29) is 6.54 Å². The smallest absolute Gasteiger partial charge is 0.325 e. The van der Waals surface area contributed by atoms with Crippen molar-refractivity contribution >= 4 is 35.2 Å². The first kappa shape index (κ1) is 17.6. The van der Waals surface area contributed by atoms with Crippen LogP contribution in [-0.4, -0.2) is 47.1 Å². The van der Waals surface area contributed by atoms with Crippen LogP contribution in [0, 0.1) is 0 Å². The molecule has 25 heavy (non-hydrogen) atoms. The van der Waals surface area contributed by atoms with E-state index in [1.165, 1.54) is 7.11 Å². The number of methoxy groups -OCH3 is 1. The van der Waals surface area contributed by atoms with Crippen molar-refractivity contribution < 1.29 is 14.3 Å². The van der Waals surface area contributed by atoms with E-state index < -0.39 is 18.0 Å². The third kappa shape index (κ3) is 3.43. The van der Waals surface area contributed by atoms with Crippen LogP contribution in [-0.2, 0) is 16.0 Å². The van der Waals surface area contributed by atoms with E-state index in [0.29, 0.717) is 34.3 Å². The number of halogens is 2. The maximum atomic E-state index is 12.6. The van der Waals surface area contributed by atoms with Gasteiger partial charge in [-0.25, -0.2) is 9.78 Å². The average molecular weight is 383 g/mol. The van der Waals surface area contributed by atoms with Crippen molar-refractivity contribution in [2.75, 3.05) is 20.2 Å². The van der Waals surface area contributed by atoms with Crippen molar-refractivity contribution in [1.29, 1.82) is 0 Å². The van der Waals surface area contributed by atoms with E-state index >= 15 is 0 Å². The maximum Gasteiger partial charge on any atom is 0.325 e. The maximum absolute atomic E-state index is 12.6. The zero-order valence-corrected chi connectivity index (χ0v) is 14.9. The Balaban J connectivity index is 1.96. The quantitative estimate of drug-likeness (QED) is 0.798. The van der Waals surface area contributed by atoms with Gasteiger partial charge in [0.1, 0.15) is 12.6 Å². The van der Waals surface area contributed by atoms with Crippen LogP contribution >= 0.6 is 23.2 Å². The Labute approximate surface area is 154 Å². The molecule has 3 rings (SSSR count). The zero-order chi connectivity index (χ0) is 18.0. The second kappa shape index (κ2) is 7.33. The van der Waals surface area contributed by atoms with Crippen molar-refractivity contribution in [3.63, 3.8) is 0 Å². The minimum Gasteiger partial charge on any atom is -0.468 e. The molecule has 0 fully saturated rings. The van der Waals surface area contributed by atoms with Gasteiger partial charge in [-0.2, -0.15) is 0 Å². The molecule has 2 heterocycles. The number of hydrogen-bond acceptors (Lipinski definition) is 4. The molecule has 0 bridgehead atoms. The number of urea groups is 1. The topological polar surface area (TPSA) is 87.3 Å². The monoisotopic (exact) mass is 382 g/mol. The predicted octanol–water partition coefficient (Wildman–Crippen LogP) is 2.55. The van der Waals surface area contributed by atoms with Gasteiger partial charge in [0.25, 0.3) is 0 Å². The van der Waals surface area contributed by atoms with E-state index in [0.717, 1.165) is 5.69 Å². The van der Waals surface area contributed by atoms with Crippen LogP contribution in [0.15, 0.2) is 24.5 Å². The summed E-state index contributed by atoms with van der Waals surface area (Å²) in [6.45, 7) is 0.227. The van der Waals surface area contributed by atoms with E-state index in [1.54, 1.807) is 23.4 Å². The lowest BCUT2D eigenvalue weighted by molar-refractivity contribution is -0.139. The van der Waals surface area contributed by atoms with Gasteiger partial charge in [-0.3, -0.25) is 4.79 Å². The number of fused-ring (bicyclic) bond motifs is 1. The minimum absolute atomic E-state index is 0.213. The number of carbonyl (C=O) groups is 2. The van der Waals surface area contributed by atoms with Gasteiger partial charge in [0, 0.05) is 24.2 Å². The van der Waals surface area contributed by atoms with Gasteiger partial charge in [0.2, 0.25) is 0 Å². The molecular formula is C16H16Cl2N4O3. The molecule has 132 valence electrons. The van der Waals surface area contributed by atoms with Gasteiger partial charge in [-0.1, -0.05) is 35.3 Å². The second-order valence-corrected chi connectivity index (χ2v) is 6.28. The molecule has 0 radical (unpaired) electrons. The summed E-state index contributed by atoms with van der Waals surface area (Å²) in [6, 6.07) is 4.36. The molecule has 1 aliphatic heterocycles. The first-order valence-corrected chi connectivity index (χ1v) is 8.36. The van der Waals surface area contributed by atoms with Crippen LogP contribution in [0.3, 0.4) is 0 Å².